The van der Waals surface area contributed by atoms with Gasteiger partial charge in [0.1, 0.15) is 5.82 Å². The Morgan fingerprint density at radius 1 is 0.963 bits per heavy atom. The van der Waals surface area contributed by atoms with Crippen LogP contribution in [-0.2, 0) is 19.4 Å². The van der Waals surface area contributed by atoms with Crippen molar-refractivity contribution in [2.75, 3.05) is 6.54 Å². The van der Waals surface area contributed by atoms with E-state index in [1.54, 1.807) is 0 Å². The molecule has 134 valence electrons. The van der Waals surface area contributed by atoms with E-state index in [1.165, 1.54) is 17.2 Å². The molecule has 1 amide bonds. The third kappa shape index (κ3) is 2.41. The minimum Gasteiger partial charge on any atom is -0.366 e. The topological polar surface area (TPSA) is 55.1 Å². The molecule has 3 nitrogen and oxygen atoms in total. The Hall–Kier alpha value is -2.98. The van der Waals surface area contributed by atoms with Crippen molar-refractivity contribution in [1.29, 1.82) is 0 Å². The highest BCUT2D eigenvalue weighted by Gasteiger charge is 2.30. The zero-order valence-electron chi connectivity index (χ0n) is 14.8. The number of carbonyl (C=O) groups is 1. The van der Waals surface area contributed by atoms with Gasteiger partial charge in [-0.3, -0.25) is 4.79 Å². The number of amides is 1. The Morgan fingerprint density at radius 2 is 1.74 bits per heavy atom. The highest BCUT2D eigenvalue weighted by Crippen LogP contribution is 2.46. The summed E-state index contributed by atoms with van der Waals surface area (Å²) in [5, 5.41) is 3.37. The van der Waals surface area contributed by atoms with Gasteiger partial charge in [-0.2, -0.15) is 0 Å². The van der Waals surface area contributed by atoms with Crippen molar-refractivity contribution in [3.05, 3.63) is 82.2 Å². The summed E-state index contributed by atoms with van der Waals surface area (Å²) in [4.78, 5) is 12.0. The second kappa shape index (κ2) is 6.03. The third-order valence-electron chi connectivity index (χ3n) is 5.72. The lowest BCUT2D eigenvalue weighted by molar-refractivity contribution is 0.0999. The number of carbonyl (C=O) groups excluding carboxylic acids is 1. The summed E-state index contributed by atoms with van der Waals surface area (Å²) in [7, 11) is 0. The van der Waals surface area contributed by atoms with Crippen molar-refractivity contribution in [2.24, 2.45) is 5.73 Å². The molecule has 0 aromatic heterocycles. The fourth-order valence-electron chi connectivity index (χ4n) is 4.53. The van der Waals surface area contributed by atoms with E-state index in [4.69, 9.17) is 5.73 Å². The van der Waals surface area contributed by atoms with Crippen molar-refractivity contribution < 1.29 is 9.18 Å². The molecule has 0 radical (unpaired) electrons. The normalized spacial score (nSPS) is 14.4. The highest BCUT2D eigenvalue weighted by molar-refractivity contribution is 6.02. The number of primary amides is 1. The van der Waals surface area contributed by atoms with Gasteiger partial charge < -0.3 is 11.1 Å². The summed E-state index contributed by atoms with van der Waals surface area (Å²) in [6.45, 7) is 1.67. The molecule has 0 saturated carbocycles. The average Bonchev–Trinajstić information content (AvgIpc) is 3.06. The molecule has 5 rings (SSSR count). The summed E-state index contributed by atoms with van der Waals surface area (Å²) in [5.74, 6) is -0.963. The monoisotopic (exact) mass is 358 g/mol. The van der Waals surface area contributed by atoms with E-state index < -0.39 is 5.91 Å². The summed E-state index contributed by atoms with van der Waals surface area (Å²) >= 11 is 0. The van der Waals surface area contributed by atoms with Gasteiger partial charge in [0.05, 0.1) is 0 Å². The zero-order valence-corrected chi connectivity index (χ0v) is 14.8. The van der Waals surface area contributed by atoms with Crippen LogP contribution < -0.4 is 11.1 Å². The largest absolute Gasteiger partial charge is 0.366 e. The van der Waals surface area contributed by atoms with Crippen LogP contribution in [0.1, 0.15) is 32.6 Å². The molecular weight excluding hydrogens is 339 g/mol. The highest BCUT2D eigenvalue weighted by atomic mass is 19.1. The number of nitrogens with one attached hydrogen (secondary N) is 1. The number of fused-ring (bicyclic) bond motifs is 4. The van der Waals surface area contributed by atoms with E-state index in [1.807, 2.05) is 36.4 Å². The Kier molecular flexibility index (Phi) is 3.62. The Balaban J connectivity index is 1.86. The molecule has 0 atom stereocenters. The van der Waals surface area contributed by atoms with Crippen LogP contribution in [0.4, 0.5) is 4.39 Å². The first-order chi connectivity index (χ1) is 13.1. The van der Waals surface area contributed by atoms with Crippen LogP contribution in [0.3, 0.4) is 0 Å². The number of halogens is 1. The van der Waals surface area contributed by atoms with Crippen LogP contribution in [0.5, 0.6) is 0 Å². The van der Waals surface area contributed by atoms with E-state index in [-0.39, 0.29) is 11.4 Å². The molecule has 0 saturated heterocycles. The molecule has 0 spiro atoms. The van der Waals surface area contributed by atoms with Crippen LogP contribution in [0, 0.1) is 5.82 Å². The fourth-order valence-corrected chi connectivity index (χ4v) is 4.53. The van der Waals surface area contributed by atoms with Gasteiger partial charge in [-0.15, -0.1) is 0 Å². The van der Waals surface area contributed by atoms with Gasteiger partial charge in [-0.25, -0.2) is 4.39 Å². The SMILES string of the molecule is NC(=O)c1cc(F)c(-c2cccc3c2CCNC3)c2c1Cc1ccccc1-2. The van der Waals surface area contributed by atoms with Crippen LogP contribution in [0.15, 0.2) is 48.5 Å². The first-order valence-corrected chi connectivity index (χ1v) is 9.20. The lowest BCUT2D eigenvalue weighted by atomic mass is 9.85. The molecule has 2 aliphatic rings. The lowest BCUT2D eigenvalue weighted by Gasteiger charge is -2.23. The minimum atomic E-state index is -0.580. The van der Waals surface area contributed by atoms with E-state index in [0.29, 0.717) is 12.0 Å². The number of benzene rings is 3. The van der Waals surface area contributed by atoms with Gasteiger partial charge in [0.2, 0.25) is 5.91 Å². The number of nitrogens with two attached hydrogens (primary N) is 1. The van der Waals surface area contributed by atoms with Gasteiger partial charge >= 0.3 is 0 Å². The molecule has 0 fully saturated rings. The molecule has 3 aromatic carbocycles. The van der Waals surface area contributed by atoms with Crippen LogP contribution >= 0.6 is 0 Å². The quantitative estimate of drug-likeness (QED) is 0.572. The summed E-state index contributed by atoms with van der Waals surface area (Å²) in [5.41, 5.74) is 13.5. The smallest absolute Gasteiger partial charge is 0.249 e. The average molecular weight is 358 g/mol. The molecule has 4 heteroatoms. The maximum Gasteiger partial charge on any atom is 0.249 e. The van der Waals surface area contributed by atoms with Crippen LogP contribution in [0.2, 0.25) is 0 Å². The van der Waals surface area contributed by atoms with E-state index in [0.717, 1.165) is 47.3 Å². The number of hydrogen-bond donors (Lipinski definition) is 2. The molecule has 0 unspecified atom stereocenters. The van der Waals surface area contributed by atoms with Crippen LogP contribution in [0.25, 0.3) is 22.3 Å². The molecule has 27 heavy (non-hydrogen) atoms. The predicted octanol–water partition coefficient (Wildman–Crippen LogP) is 3.81. The molecule has 3 N–H and O–H groups in total. The van der Waals surface area contributed by atoms with Crippen molar-refractivity contribution >= 4 is 5.91 Å². The molecule has 1 heterocycles. The predicted molar refractivity (Wildman–Crippen MR) is 104 cm³/mol. The van der Waals surface area contributed by atoms with Gasteiger partial charge in [0.25, 0.3) is 0 Å². The van der Waals surface area contributed by atoms with Crippen molar-refractivity contribution in [3.8, 4) is 22.3 Å². The van der Waals surface area contributed by atoms with Crippen molar-refractivity contribution in [1.82, 2.24) is 5.32 Å². The Morgan fingerprint density at radius 3 is 2.59 bits per heavy atom. The first kappa shape index (κ1) is 16.2. The van der Waals surface area contributed by atoms with Crippen molar-refractivity contribution in [2.45, 2.75) is 19.4 Å². The molecular formula is C23H19FN2O. The Bertz CT molecular complexity index is 1100. The maximum absolute atomic E-state index is 15.4. The second-order valence-electron chi connectivity index (χ2n) is 7.20. The zero-order chi connectivity index (χ0) is 18.5. The third-order valence-corrected chi connectivity index (χ3v) is 5.72. The maximum atomic E-state index is 15.4. The van der Waals surface area contributed by atoms with Gasteiger partial charge in [0, 0.05) is 17.7 Å². The molecule has 1 aliphatic carbocycles. The summed E-state index contributed by atoms with van der Waals surface area (Å²) in [6.07, 6.45) is 1.46. The number of hydrogen-bond acceptors (Lipinski definition) is 2. The van der Waals surface area contributed by atoms with Gasteiger partial charge in [-0.05, 0) is 64.4 Å². The summed E-state index contributed by atoms with van der Waals surface area (Å²) < 4.78 is 15.4. The van der Waals surface area contributed by atoms with E-state index >= 15 is 4.39 Å². The van der Waals surface area contributed by atoms with E-state index in [2.05, 4.69) is 11.4 Å². The summed E-state index contributed by atoms with van der Waals surface area (Å²) in [6, 6.07) is 15.4. The molecule has 3 aromatic rings. The second-order valence-corrected chi connectivity index (χ2v) is 7.20. The van der Waals surface area contributed by atoms with Crippen LogP contribution in [-0.4, -0.2) is 12.5 Å². The van der Waals surface area contributed by atoms with Gasteiger partial charge in [0.15, 0.2) is 0 Å². The standard InChI is InChI=1S/C23H19FN2O/c24-20-11-19(23(25)27)18-10-13-4-1-2-6-16(13)21(18)22(20)17-7-3-5-14-12-26-9-8-15(14)17/h1-7,11,26H,8-10,12H2,(H2,25,27). The Labute approximate surface area is 157 Å². The molecule has 1 aliphatic heterocycles. The first-order valence-electron chi connectivity index (χ1n) is 9.20. The lowest BCUT2D eigenvalue weighted by Crippen LogP contribution is -2.24. The minimum absolute atomic E-state index is 0.286. The van der Waals surface area contributed by atoms with E-state index in [9.17, 15) is 4.79 Å². The van der Waals surface area contributed by atoms with Gasteiger partial charge in [-0.1, -0.05) is 42.5 Å². The van der Waals surface area contributed by atoms with Crippen molar-refractivity contribution in [3.63, 3.8) is 0 Å². The fraction of sp³-hybridized carbons (Fsp3) is 0.174. The molecule has 0 bridgehead atoms. The number of rotatable bonds is 2.